The Bertz CT molecular complexity index is 620. The Kier molecular flexibility index (Phi) is 3.07. The van der Waals surface area contributed by atoms with Crippen molar-refractivity contribution in [3.8, 4) is 0 Å². The number of halogens is 3. The van der Waals surface area contributed by atoms with Gasteiger partial charge in [0.25, 0.3) is 0 Å². The minimum Gasteiger partial charge on any atom is -0.398 e. The molecule has 1 saturated carbocycles. The molecule has 108 valence electrons. The molecular weight excluding hydrogens is 269 g/mol. The number of nitrogens with zero attached hydrogens (tertiary/aromatic N) is 3. The number of fused-ring (bicyclic) bond motifs is 1. The smallest absolute Gasteiger partial charge is 0.391 e. The van der Waals surface area contributed by atoms with Crippen molar-refractivity contribution in [1.82, 2.24) is 14.6 Å². The van der Waals surface area contributed by atoms with Gasteiger partial charge in [0.2, 0.25) is 0 Å². The van der Waals surface area contributed by atoms with Crippen molar-refractivity contribution in [2.75, 3.05) is 5.73 Å². The van der Waals surface area contributed by atoms with Crippen LogP contribution in [0.2, 0.25) is 0 Å². The van der Waals surface area contributed by atoms with Crippen molar-refractivity contribution >= 4 is 11.3 Å². The van der Waals surface area contributed by atoms with Gasteiger partial charge < -0.3 is 5.73 Å². The first-order chi connectivity index (χ1) is 9.45. The van der Waals surface area contributed by atoms with Crippen molar-refractivity contribution < 1.29 is 13.2 Å². The largest absolute Gasteiger partial charge is 0.398 e. The first-order valence-corrected chi connectivity index (χ1v) is 6.62. The molecule has 2 aromatic rings. The van der Waals surface area contributed by atoms with E-state index in [1.54, 1.807) is 22.7 Å². The lowest BCUT2D eigenvalue weighted by atomic mass is 9.80. The number of hydrogen-bond acceptors (Lipinski definition) is 3. The predicted octanol–water partition coefficient (Wildman–Crippen LogP) is 3.15. The number of anilines is 1. The van der Waals surface area contributed by atoms with E-state index in [-0.39, 0.29) is 18.8 Å². The number of aromatic nitrogens is 3. The topological polar surface area (TPSA) is 56.2 Å². The minimum atomic E-state index is -4.13. The highest BCUT2D eigenvalue weighted by atomic mass is 19.4. The van der Waals surface area contributed by atoms with Gasteiger partial charge in [-0.2, -0.15) is 13.2 Å². The Morgan fingerprint density at radius 2 is 2.00 bits per heavy atom. The van der Waals surface area contributed by atoms with Crippen LogP contribution < -0.4 is 5.73 Å². The van der Waals surface area contributed by atoms with E-state index < -0.39 is 12.1 Å². The third-order valence-electron chi connectivity index (χ3n) is 3.95. The second-order valence-electron chi connectivity index (χ2n) is 5.35. The number of nitrogen functional groups attached to an aromatic ring is 1. The third-order valence-corrected chi connectivity index (χ3v) is 3.95. The highest BCUT2D eigenvalue weighted by molar-refractivity contribution is 5.47. The monoisotopic (exact) mass is 284 g/mol. The zero-order valence-electron chi connectivity index (χ0n) is 10.8. The first kappa shape index (κ1) is 13.2. The van der Waals surface area contributed by atoms with Gasteiger partial charge in [-0.3, -0.25) is 4.40 Å². The quantitative estimate of drug-likeness (QED) is 0.875. The molecule has 0 amide bonds. The molecule has 0 aliphatic heterocycles. The maximum Gasteiger partial charge on any atom is 0.391 e. The SMILES string of the molecule is Nc1ccc2nnc(C3CCCC(C(F)(F)F)C3)n2c1. The summed E-state index contributed by atoms with van der Waals surface area (Å²) in [6.07, 6.45) is -0.897. The highest BCUT2D eigenvalue weighted by Gasteiger charge is 2.43. The van der Waals surface area contributed by atoms with Crippen LogP contribution in [0.15, 0.2) is 18.3 Å². The number of pyridine rings is 1. The summed E-state index contributed by atoms with van der Waals surface area (Å²) >= 11 is 0. The summed E-state index contributed by atoms with van der Waals surface area (Å²) in [5.41, 5.74) is 6.88. The van der Waals surface area contributed by atoms with Gasteiger partial charge in [-0.25, -0.2) is 0 Å². The Balaban J connectivity index is 1.92. The van der Waals surface area contributed by atoms with Crippen LogP contribution in [0.25, 0.3) is 5.65 Å². The molecule has 1 aliphatic rings. The Hall–Kier alpha value is -1.79. The van der Waals surface area contributed by atoms with Gasteiger partial charge in [0.1, 0.15) is 5.82 Å². The van der Waals surface area contributed by atoms with E-state index in [1.807, 2.05) is 0 Å². The first-order valence-electron chi connectivity index (χ1n) is 6.62. The average molecular weight is 284 g/mol. The minimum absolute atomic E-state index is 0.0824. The van der Waals surface area contributed by atoms with E-state index in [4.69, 9.17) is 5.73 Å². The molecule has 1 aliphatic carbocycles. The molecule has 0 spiro atoms. The standard InChI is InChI=1S/C13H15F3N4/c14-13(15,16)9-3-1-2-8(6-9)12-19-18-11-5-4-10(17)7-20(11)12/h4-5,7-9H,1-3,6,17H2. The van der Waals surface area contributed by atoms with Crippen molar-refractivity contribution in [2.24, 2.45) is 5.92 Å². The summed E-state index contributed by atoms with van der Waals surface area (Å²) in [6, 6.07) is 3.42. The molecule has 7 heteroatoms. The summed E-state index contributed by atoms with van der Waals surface area (Å²) in [6.45, 7) is 0. The molecule has 3 rings (SSSR count). The van der Waals surface area contributed by atoms with Crippen LogP contribution in [0, 0.1) is 5.92 Å². The maximum absolute atomic E-state index is 12.9. The summed E-state index contributed by atoms with van der Waals surface area (Å²) < 4.78 is 40.3. The van der Waals surface area contributed by atoms with E-state index in [1.165, 1.54) is 0 Å². The van der Waals surface area contributed by atoms with Crippen LogP contribution in [-0.4, -0.2) is 20.8 Å². The van der Waals surface area contributed by atoms with Gasteiger partial charge >= 0.3 is 6.18 Å². The summed E-state index contributed by atoms with van der Waals surface area (Å²) in [7, 11) is 0. The summed E-state index contributed by atoms with van der Waals surface area (Å²) in [5.74, 6) is -0.872. The molecule has 0 radical (unpaired) electrons. The summed E-state index contributed by atoms with van der Waals surface area (Å²) in [5, 5.41) is 8.06. The van der Waals surface area contributed by atoms with Gasteiger partial charge in [-0.15, -0.1) is 10.2 Å². The maximum atomic E-state index is 12.9. The summed E-state index contributed by atoms with van der Waals surface area (Å²) in [4.78, 5) is 0. The van der Waals surface area contributed by atoms with Crippen LogP contribution >= 0.6 is 0 Å². The molecule has 2 atom stereocenters. The lowest BCUT2D eigenvalue weighted by molar-refractivity contribution is -0.183. The zero-order valence-corrected chi connectivity index (χ0v) is 10.8. The molecule has 2 heterocycles. The lowest BCUT2D eigenvalue weighted by Gasteiger charge is -2.29. The second kappa shape index (κ2) is 4.64. The normalized spacial score (nSPS) is 24.1. The third kappa shape index (κ3) is 2.32. The second-order valence-corrected chi connectivity index (χ2v) is 5.35. The van der Waals surface area contributed by atoms with Gasteiger partial charge in [0.05, 0.1) is 5.92 Å². The van der Waals surface area contributed by atoms with Gasteiger partial charge in [0.15, 0.2) is 5.65 Å². The predicted molar refractivity (Wildman–Crippen MR) is 68.2 cm³/mol. The van der Waals surface area contributed by atoms with Gasteiger partial charge in [-0.1, -0.05) is 6.42 Å². The molecule has 2 aromatic heterocycles. The highest BCUT2D eigenvalue weighted by Crippen LogP contribution is 2.43. The number of nitrogens with two attached hydrogens (primary N) is 1. The van der Waals surface area contributed by atoms with E-state index in [0.29, 0.717) is 30.0 Å². The van der Waals surface area contributed by atoms with Crippen molar-refractivity contribution in [1.29, 1.82) is 0 Å². The number of rotatable bonds is 1. The number of alkyl halides is 3. The van der Waals surface area contributed by atoms with E-state index in [2.05, 4.69) is 10.2 Å². The zero-order chi connectivity index (χ0) is 14.3. The molecule has 1 fully saturated rings. The van der Waals surface area contributed by atoms with E-state index >= 15 is 0 Å². The molecular formula is C13H15F3N4. The fraction of sp³-hybridized carbons (Fsp3) is 0.538. The Morgan fingerprint density at radius 1 is 1.20 bits per heavy atom. The molecule has 2 unspecified atom stereocenters. The van der Waals surface area contributed by atoms with Crippen molar-refractivity contribution in [2.45, 2.75) is 37.8 Å². The van der Waals surface area contributed by atoms with Crippen molar-refractivity contribution in [3.63, 3.8) is 0 Å². The van der Waals surface area contributed by atoms with Crippen LogP contribution in [0.4, 0.5) is 18.9 Å². The molecule has 2 N–H and O–H groups in total. The molecule has 4 nitrogen and oxygen atoms in total. The van der Waals surface area contributed by atoms with E-state index in [9.17, 15) is 13.2 Å². The van der Waals surface area contributed by atoms with Crippen LogP contribution in [0.5, 0.6) is 0 Å². The number of hydrogen-bond donors (Lipinski definition) is 1. The molecule has 0 saturated heterocycles. The van der Waals surface area contributed by atoms with Crippen LogP contribution in [0.3, 0.4) is 0 Å². The van der Waals surface area contributed by atoms with Crippen molar-refractivity contribution in [3.05, 3.63) is 24.2 Å². The Morgan fingerprint density at radius 3 is 2.75 bits per heavy atom. The van der Waals surface area contributed by atoms with Gasteiger partial charge in [0, 0.05) is 17.8 Å². The lowest BCUT2D eigenvalue weighted by Crippen LogP contribution is -2.28. The molecule has 20 heavy (non-hydrogen) atoms. The van der Waals surface area contributed by atoms with Crippen LogP contribution in [-0.2, 0) is 0 Å². The van der Waals surface area contributed by atoms with Crippen LogP contribution in [0.1, 0.15) is 37.4 Å². The molecule has 0 bridgehead atoms. The van der Waals surface area contributed by atoms with E-state index in [0.717, 1.165) is 0 Å². The Labute approximate surface area is 113 Å². The van der Waals surface area contributed by atoms with Gasteiger partial charge in [-0.05, 0) is 31.4 Å². The average Bonchev–Trinajstić information content (AvgIpc) is 2.81. The molecule has 0 aromatic carbocycles. The fourth-order valence-corrected chi connectivity index (χ4v) is 2.92. The fourth-order valence-electron chi connectivity index (χ4n) is 2.92.